The molecule has 206 valence electrons. The van der Waals surface area contributed by atoms with Gasteiger partial charge < -0.3 is 15.0 Å². The van der Waals surface area contributed by atoms with Crippen LogP contribution in [0.3, 0.4) is 0 Å². The second-order valence-electron chi connectivity index (χ2n) is 10.2. The van der Waals surface area contributed by atoms with Gasteiger partial charge in [-0.3, -0.25) is 24.1 Å². The van der Waals surface area contributed by atoms with Gasteiger partial charge in [0, 0.05) is 40.8 Å². The summed E-state index contributed by atoms with van der Waals surface area (Å²) in [5, 5.41) is 3.66. The number of fused-ring (bicyclic) bond motifs is 1. The van der Waals surface area contributed by atoms with Crippen LogP contribution in [0.1, 0.15) is 34.8 Å². The number of nitrogens with zero attached hydrogens (tertiary/aromatic N) is 4. The summed E-state index contributed by atoms with van der Waals surface area (Å²) in [7, 11) is 2.14. The predicted octanol–water partition coefficient (Wildman–Crippen LogP) is 5.77. The number of aromatic nitrogens is 3. The Bertz CT molecular complexity index is 1760. The van der Waals surface area contributed by atoms with Gasteiger partial charge in [-0.1, -0.05) is 0 Å². The van der Waals surface area contributed by atoms with E-state index in [1.165, 1.54) is 41.1 Å². The molecule has 5 aromatic rings. The minimum absolute atomic E-state index is 0.0329. The highest BCUT2D eigenvalue weighted by molar-refractivity contribution is 6.04. The van der Waals surface area contributed by atoms with E-state index >= 15 is 0 Å². The molecule has 0 saturated carbocycles. The van der Waals surface area contributed by atoms with Gasteiger partial charge in [0.05, 0.1) is 11.7 Å². The van der Waals surface area contributed by atoms with Gasteiger partial charge in [-0.15, -0.1) is 0 Å². The Morgan fingerprint density at radius 1 is 1.00 bits per heavy atom. The molecule has 8 nitrogen and oxygen atoms in total. The predicted molar refractivity (Wildman–Crippen MR) is 155 cm³/mol. The number of halogens is 1. The van der Waals surface area contributed by atoms with Crippen LogP contribution in [0, 0.1) is 5.82 Å². The lowest BCUT2D eigenvalue weighted by Gasteiger charge is -2.28. The molecule has 0 unspecified atom stereocenters. The van der Waals surface area contributed by atoms with E-state index in [4.69, 9.17) is 4.74 Å². The number of nitrogens with one attached hydrogen (secondary N) is 1. The zero-order chi connectivity index (χ0) is 28.3. The fourth-order valence-electron chi connectivity index (χ4n) is 5.06. The number of anilines is 1. The number of rotatable bonds is 6. The summed E-state index contributed by atoms with van der Waals surface area (Å²) in [5.74, 6) is 0.723. The van der Waals surface area contributed by atoms with Crippen LogP contribution in [-0.2, 0) is 0 Å². The van der Waals surface area contributed by atoms with E-state index in [-0.39, 0.29) is 5.56 Å². The molecule has 1 fully saturated rings. The molecule has 3 aromatic heterocycles. The van der Waals surface area contributed by atoms with Crippen LogP contribution in [0.15, 0.2) is 96.2 Å². The molecule has 1 amide bonds. The van der Waals surface area contributed by atoms with Crippen molar-refractivity contribution >= 4 is 22.5 Å². The monoisotopic (exact) mass is 549 g/mol. The lowest BCUT2D eigenvalue weighted by molar-refractivity contribution is 0.102. The minimum Gasteiger partial charge on any atom is -0.457 e. The Balaban J connectivity index is 1.18. The van der Waals surface area contributed by atoms with Gasteiger partial charge >= 0.3 is 0 Å². The van der Waals surface area contributed by atoms with Crippen molar-refractivity contribution in [1.82, 2.24) is 19.4 Å². The van der Waals surface area contributed by atoms with Gasteiger partial charge in [0.15, 0.2) is 0 Å². The minimum atomic E-state index is -0.547. The molecule has 2 aromatic carbocycles. The number of carbonyl (C=O) groups excluding carboxylic acids is 1. The number of pyridine rings is 3. The van der Waals surface area contributed by atoms with E-state index < -0.39 is 17.3 Å². The first-order valence-corrected chi connectivity index (χ1v) is 13.4. The van der Waals surface area contributed by atoms with Crippen molar-refractivity contribution in [2.24, 2.45) is 0 Å². The number of amides is 1. The first kappa shape index (κ1) is 26.3. The smallest absolute Gasteiger partial charge is 0.267 e. The molecule has 1 aliphatic rings. The second kappa shape index (κ2) is 11.3. The maximum atomic E-state index is 13.3. The lowest BCUT2D eigenvalue weighted by atomic mass is 9.93. The van der Waals surface area contributed by atoms with Crippen molar-refractivity contribution in [1.29, 1.82) is 0 Å². The number of hydrogen-bond donors (Lipinski definition) is 1. The molecule has 6 rings (SSSR count). The van der Waals surface area contributed by atoms with Crippen LogP contribution < -0.4 is 15.6 Å². The van der Waals surface area contributed by atoms with E-state index in [0.29, 0.717) is 28.8 Å². The van der Waals surface area contributed by atoms with Gasteiger partial charge in [-0.25, -0.2) is 4.39 Å². The maximum absolute atomic E-state index is 13.3. The van der Waals surface area contributed by atoms with Crippen LogP contribution in [0.25, 0.3) is 16.6 Å². The van der Waals surface area contributed by atoms with Crippen molar-refractivity contribution in [2.75, 3.05) is 25.5 Å². The van der Waals surface area contributed by atoms with E-state index in [1.807, 2.05) is 12.3 Å². The number of likely N-dealkylation sites (tertiary alicyclic amines) is 1. The summed E-state index contributed by atoms with van der Waals surface area (Å²) >= 11 is 0. The number of piperidine rings is 1. The molecular weight excluding hydrogens is 521 g/mol. The summed E-state index contributed by atoms with van der Waals surface area (Å²) in [6.07, 6.45) is 7.18. The Kier molecular flexibility index (Phi) is 7.26. The second-order valence-corrected chi connectivity index (χ2v) is 10.2. The number of hydrogen-bond acceptors (Lipinski definition) is 6. The third-order valence-corrected chi connectivity index (χ3v) is 7.38. The van der Waals surface area contributed by atoms with Crippen LogP contribution in [0.4, 0.5) is 10.1 Å². The normalized spacial score (nSPS) is 14.2. The highest BCUT2D eigenvalue weighted by Crippen LogP contribution is 2.33. The van der Waals surface area contributed by atoms with Gasteiger partial charge in [0.1, 0.15) is 22.9 Å². The van der Waals surface area contributed by atoms with Gasteiger partial charge in [-0.05, 0) is 106 Å². The summed E-state index contributed by atoms with van der Waals surface area (Å²) in [6, 6.07) is 19.4. The summed E-state index contributed by atoms with van der Waals surface area (Å²) < 4.78 is 20.8. The molecule has 41 heavy (non-hydrogen) atoms. The molecule has 0 aliphatic carbocycles. The summed E-state index contributed by atoms with van der Waals surface area (Å²) in [4.78, 5) is 37.4. The highest BCUT2D eigenvalue weighted by Gasteiger charge is 2.20. The fraction of sp³-hybridized carbons (Fsp3) is 0.188. The van der Waals surface area contributed by atoms with Crippen LogP contribution in [0.5, 0.6) is 11.5 Å². The molecule has 1 N–H and O–H groups in total. The van der Waals surface area contributed by atoms with Crippen LogP contribution >= 0.6 is 0 Å². The Hall–Kier alpha value is -4.89. The van der Waals surface area contributed by atoms with Crippen molar-refractivity contribution in [3.05, 3.63) is 119 Å². The molecule has 1 saturated heterocycles. The molecular formula is C32H28FN5O3. The SMILES string of the molecule is CN1CCC(c2cc3c(Oc4ccc(NC(=O)c5cccn(-c6ccc(F)cc6)c5=O)cc4)ccnc3cn2)CC1. The first-order valence-electron chi connectivity index (χ1n) is 13.4. The quantitative estimate of drug-likeness (QED) is 0.289. The van der Waals surface area contributed by atoms with E-state index in [9.17, 15) is 14.0 Å². The Morgan fingerprint density at radius 2 is 1.76 bits per heavy atom. The molecule has 0 radical (unpaired) electrons. The summed E-state index contributed by atoms with van der Waals surface area (Å²) in [5.41, 5.74) is 2.25. The Morgan fingerprint density at radius 3 is 2.51 bits per heavy atom. The van der Waals surface area contributed by atoms with E-state index in [1.54, 1.807) is 36.5 Å². The van der Waals surface area contributed by atoms with E-state index in [0.717, 1.165) is 42.5 Å². The molecule has 4 heterocycles. The number of benzene rings is 2. The van der Waals surface area contributed by atoms with Gasteiger partial charge in [-0.2, -0.15) is 0 Å². The summed E-state index contributed by atoms with van der Waals surface area (Å²) in [6.45, 7) is 2.11. The third kappa shape index (κ3) is 5.71. The third-order valence-electron chi connectivity index (χ3n) is 7.38. The topological polar surface area (TPSA) is 89.4 Å². The molecule has 0 atom stereocenters. The molecule has 0 spiro atoms. The largest absolute Gasteiger partial charge is 0.457 e. The zero-order valence-electron chi connectivity index (χ0n) is 22.5. The molecule has 0 bridgehead atoms. The zero-order valence-corrected chi connectivity index (χ0v) is 22.5. The van der Waals surface area contributed by atoms with Crippen LogP contribution in [-0.4, -0.2) is 45.5 Å². The molecule has 9 heteroatoms. The van der Waals surface area contributed by atoms with Crippen molar-refractivity contribution in [3.63, 3.8) is 0 Å². The van der Waals surface area contributed by atoms with Gasteiger partial charge in [0.2, 0.25) is 0 Å². The average molecular weight is 550 g/mol. The van der Waals surface area contributed by atoms with Crippen molar-refractivity contribution < 1.29 is 13.9 Å². The molecule has 1 aliphatic heterocycles. The van der Waals surface area contributed by atoms with Crippen molar-refractivity contribution in [2.45, 2.75) is 18.8 Å². The highest BCUT2D eigenvalue weighted by atomic mass is 19.1. The van der Waals surface area contributed by atoms with E-state index in [2.05, 4.69) is 33.3 Å². The average Bonchev–Trinajstić information content (AvgIpc) is 2.99. The number of carbonyl (C=O) groups is 1. The maximum Gasteiger partial charge on any atom is 0.267 e. The number of ether oxygens (including phenoxy) is 1. The van der Waals surface area contributed by atoms with Crippen LogP contribution in [0.2, 0.25) is 0 Å². The first-order chi connectivity index (χ1) is 19.9. The lowest BCUT2D eigenvalue weighted by Crippen LogP contribution is -2.29. The standard InChI is InChI=1S/C32H28FN5O3/c1-37-17-13-21(14-18-37)28-19-27-29(20-35-28)34-15-12-30(27)41-25-10-6-23(7-11-25)36-31(39)26-3-2-16-38(32(26)40)24-8-4-22(33)5-9-24/h2-12,15-16,19-21H,13-14,17-18H2,1H3,(H,36,39). The van der Waals surface area contributed by atoms with Gasteiger partial charge in [0.25, 0.3) is 11.5 Å². The Labute approximate surface area is 236 Å². The fourth-order valence-corrected chi connectivity index (χ4v) is 5.06. The van der Waals surface area contributed by atoms with Crippen molar-refractivity contribution in [3.8, 4) is 17.2 Å².